The Morgan fingerprint density at radius 2 is 2.06 bits per heavy atom. The standard InChI is InChI=1S/C13H17F2NO/c14-11-1-2-12(15)10(7-11)8-16-9-13(3-4-13)5-6-17/h1-2,7,16-17H,3-6,8-9H2. The lowest BCUT2D eigenvalue weighted by molar-refractivity contribution is 0.245. The first-order valence-corrected chi connectivity index (χ1v) is 5.91. The topological polar surface area (TPSA) is 32.3 Å². The second-order valence-electron chi connectivity index (χ2n) is 4.81. The largest absolute Gasteiger partial charge is 0.396 e. The molecule has 1 fully saturated rings. The smallest absolute Gasteiger partial charge is 0.127 e. The van der Waals surface area contributed by atoms with E-state index < -0.39 is 5.82 Å². The summed E-state index contributed by atoms with van der Waals surface area (Å²) in [6.45, 7) is 1.27. The number of rotatable bonds is 6. The molecule has 4 heteroatoms. The first-order valence-electron chi connectivity index (χ1n) is 5.91. The third-order valence-corrected chi connectivity index (χ3v) is 3.42. The summed E-state index contributed by atoms with van der Waals surface area (Å²) in [6, 6.07) is 3.48. The highest BCUT2D eigenvalue weighted by molar-refractivity contribution is 5.18. The summed E-state index contributed by atoms with van der Waals surface area (Å²) in [7, 11) is 0. The maximum atomic E-state index is 13.3. The Morgan fingerprint density at radius 3 is 2.71 bits per heavy atom. The molecule has 1 aromatic rings. The molecule has 0 spiro atoms. The SMILES string of the molecule is OCCC1(CNCc2cc(F)ccc2F)CC1. The fraction of sp³-hybridized carbons (Fsp3) is 0.538. The number of halogens is 2. The van der Waals surface area contributed by atoms with Gasteiger partial charge in [0.05, 0.1) is 0 Å². The van der Waals surface area contributed by atoms with E-state index in [4.69, 9.17) is 5.11 Å². The van der Waals surface area contributed by atoms with Crippen LogP contribution >= 0.6 is 0 Å². The van der Waals surface area contributed by atoms with Gasteiger partial charge in [0.1, 0.15) is 11.6 Å². The summed E-state index contributed by atoms with van der Waals surface area (Å²) < 4.78 is 26.2. The van der Waals surface area contributed by atoms with Gasteiger partial charge >= 0.3 is 0 Å². The number of nitrogens with one attached hydrogen (secondary N) is 1. The van der Waals surface area contributed by atoms with Crippen molar-refractivity contribution in [2.24, 2.45) is 5.41 Å². The van der Waals surface area contributed by atoms with Gasteiger partial charge in [-0.05, 0) is 42.9 Å². The van der Waals surface area contributed by atoms with Crippen LogP contribution < -0.4 is 5.32 Å². The van der Waals surface area contributed by atoms with Crippen LogP contribution in [0.4, 0.5) is 8.78 Å². The number of aliphatic hydroxyl groups excluding tert-OH is 1. The maximum absolute atomic E-state index is 13.3. The zero-order valence-electron chi connectivity index (χ0n) is 9.68. The molecule has 17 heavy (non-hydrogen) atoms. The van der Waals surface area contributed by atoms with E-state index in [0.717, 1.165) is 37.9 Å². The van der Waals surface area contributed by atoms with Crippen LogP contribution in [0.2, 0.25) is 0 Å². The van der Waals surface area contributed by atoms with E-state index in [1.54, 1.807) is 0 Å². The van der Waals surface area contributed by atoms with Crippen molar-refractivity contribution in [1.82, 2.24) is 5.32 Å². The minimum Gasteiger partial charge on any atom is -0.396 e. The summed E-state index contributed by atoms with van der Waals surface area (Å²) in [5.41, 5.74) is 0.545. The lowest BCUT2D eigenvalue weighted by atomic mass is 10.0. The van der Waals surface area contributed by atoms with Gasteiger partial charge in [-0.15, -0.1) is 0 Å². The molecule has 1 saturated carbocycles. The first-order chi connectivity index (χ1) is 8.15. The number of benzene rings is 1. The third-order valence-electron chi connectivity index (χ3n) is 3.42. The molecule has 0 unspecified atom stereocenters. The van der Waals surface area contributed by atoms with Crippen LogP contribution in [0.25, 0.3) is 0 Å². The lowest BCUT2D eigenvalue weighted by Crippen LogP contribution is -2.24. The van der Waals surface area contributed by atoms with Crippen molar-refractivity contribution >= 4 is 0 Å². The Balaban J connectivity index is 1.84. The Hall–Kier alpha value is -1.00. The van der Waals surface area contributed by atoms with Gasteiger partial charge < -0.3 is 10.4 Å². The summed E-state index contributed by atoms with van der Waals surface area (Å²) in [6.07, 6.45) is 2.99. The molecule has 2 nitrogen and oxygen atoms in total. The highest BCUT2D eigenvalue weighted by Crippen LogP contribution is 2.47. The molecule has 0 amide bonds. The predicted molar refractivity (Wildman–Crippen MR) is 61.4 cm³/mol. The Labute approximate surface area is 99.7 Å². The highest BCUT2D eigenvalue weighted by Gasteiger charge is 2.41. The minimum atomic E-state index is -0.417. The monoisotopic (exact) mass is 241 g/mol. The van der Waals surface area contributed by atoms with E-state index in [1.807, 2.05) is 0 Å². The van der Waals surface area contributed by atoms with E-state index in [2.05, 4.69) is 5.32 Å². The molecule has 0 bridgehead atoms. The van der Waals surface area contributed by atoms with Crippen molar-refractivity contribution in [1.29, 1.82) is 0 Å². The fourth-order valence-corrected chi connectivity index (χ4v) is 2.07. The molecule has 1 aromatic carbocycles. The molecule has 94 valence electrons. The number of hydrogen-bond acceptors (Lipinski definition) is 2. The van der Waals surface area contributed by atoms with Gasteiger partial charge in [0, 0.05) is 25.3 Å². The van der Waals surface area contributed by atoms with Crippen LogP contribution in [0.1, 0.15) is 24.8 Å². The van der Waals surface area contributed by atoms with Crippen LogP contribution in [-0.2, 0) is 6.54 Å². The van der Waals surface area contributed by atoms with Crippen molar-refractivity contribution in [2.45, 2.75) is 25.8 Å². The molecule has 0 aromatic heterocycles. The van der Waals surface area contributed by atoms with Gasteiger partial charge in [-0.1, -0.05) is 0 Å². The molecule has 1 aliphatic rings. The summed E-state index contributed by atoms with van der Waals surface area (Å²) in [4.78, 5) is 0. The molecule has 0 aliphatic heterocycles. The van der Waals surface area contributed by atoms with Crippen molar-refractivity contribution in [3.05, 3.63) is 35.4 Å². The quantitative estimate of drug-likeness (QED) is 0.800. The highest BCUT2D eigenvalue weighted by atomic mass is 19.1. The van der Waals surface area contributed by atoms with E-state index in [9.17, 15) is 8.78 Å². The fourth-order valence-electron chi connectivity index (χ4n) is 2.07. The van der Waals surface area contributed by atoms with Gasteiger partial charge in [0.2, 0.25) is 0 Å². The minimum absolute atomic E-state index is 0.190. The predicted octanol–water partition coefficient (Wildman–Crippen LogP) is 2.22. The Morgan fingerprint density at radius 1 is 1.29 bits per heavy atom. The average Bonchev–Trinajstić information content (AvgIpc) is 3.04. The second-order valence-corrected chi connectivity index (χ2v) is 4.81. The van der Waals surface area contributed by atoms with Crippen LogP contribution in [0, 0.1) is 17.0 Å². The van der Waals surface area contributed by atoms with E-state index in [-0.39, 0.29) is 17.8 Å². The van der Waals surface area contributed by atoms with Gasteiger partial charge in [-0.2, -0.15) is 0 Å². The van der Waals surface area contributed by atoms with Gasteiger partial charge in [-0.25, -0.2) is 8.78 Å². The van der Waals surface area contributed by atoms with Crippen LogP contribution in [0.3, 0.4) is 0 Å². The average molecular weight is 241 g/mol. The van der Waals surface area contributed by atoms with Crippen LogP contribution in [-0.4, -0.2) is 18.3 Å². The lowest BCUT2D eigenvalue weighted by Gasteiger charge is -2.14. The van der Waals surface area contributed by atoms with E-state index in [0.29, 0.717) is 12.1 Å². The zero-order valence-corrected chi connectivity index (χ0v) is 9.68. The summed E-state index contributed by atoms with van der Waals surface area (Å²) in [5, 5.41) is 12.0. The molecule has 0 atom stereocenters. The van der Waals surface area contributed by atoms with Gasteiger partial charge in [0.25, 0.3) is 0 Å². The number of hydrogen-bond donors (Lipinski definition) is 2. The molecular weight excluding hydrogens is 224 g/mol. The normalized spacial score (nSPS) is 17.1. The molecule has 2 rings (SSSR count). The van der Waals surface area contributed by atoms with Gasteiger partial charge in [-0.3, -0.25) is 0 Å². The Kier molecular flexibility index (Phi) is 3.74. The van der Waals surface area contributed by atoms with Crippen LogP contribution in [0.5, 0.6) is 0 Å². The molecule has 1 aliphatic carbocycles. The van der Waals surface area contributed by atoms with Crippen molar-refractivity contribution in [2.75, 3.05) is 13.2 Å². The molecule has 0 saturated heterocycles. The molecule has 2 N–H and O–H groups in total. The Bertz CT molecular complexity index is 391. The third kappa shape index (κ3) is 3.23. The molecule has 0 radical (unpaired) electrons. The molecule has 0 heterocycles. The van der Waals surface area contributed by atoms with Gasteiger partial charge in [0.15, 0.2) is 0 Å². The zero-order chi connectivity index (χ0) is 12.3. The van der Waals surface area contributed by atoms with E-state index >= 15 is 0 Å². The number of aliphatic hydroxyl groups is 1. The van der Waals surface area contributed by atoms with Crippen molar-refractivity contribution < 1.29 is 13.9 Å². The summed E-state index contributed by atoms with van der Waals surface area (Å²) in [5.74, 6) is -0.800. The van der Waals surface area contributed by atoms with Crippen molar-refractivity contribution in [3.8, 4) is 0 Å². The molecular formula is C13H17F2NO. The maximum Gasteiger partial charge on any atom is 0.127 e. The van der Waals surface area contributed by atoms with E-state index in [1.165, 1.54) is 6.07 Å². The van der Waals surface area contributed by atoms with Crippen molar-refractivity contribution in [3.63, 3.8) is 0 Å². The van der Waals surface area contributed by atoms with Crippen LogP contribution in [0.15, 0.2) is 18.2 Å². The summed E-state index contributed by atoms with van der Waals surface area (Å²) >= 11 is 0. The first kappa shape index (κ1) is 12.5. The second kappa shape index (κ2) is 5.10.